The molecule has 2 aromatic rings. The van der Waals surface area contributed by atoms with Crippen molar-refractivity contribution < 1.29 is 13.2 Å². The van der Waals surface area contributed by atoms with E-state index >= 15 is 0 Å². The van der Waals surface area contributed by atoms with Crippen LogP contribution in [0.2, 0.25) is 0 Å². The maximum atomic E-state index is 12.0. The van der Waals surface area contributed by atoms with E-state index in [-0.39, 0.29) is 18.1 Å². The summed E-state index contributed by atoms with van der Waals surface area (Å²) in [6.07, 6.45) is 0.827. The van der Waals surface area contributed by atoms with Gasteiger partial charge in [-0.1, -0.05) is 25.1 Å². The van der Waals surface area contributed by atoms with E-state index < -0.39 is 9.84 Å². The molecule has 0 saturated heterocycles. The van der Waals surface area contributed by atoms with Crippen molar-refractivity contribution in [2.75, 3.05) is 12.4 Å². The van der Waals surface area contributed by atoms with Crippen LogP contribution in [0.1, 0.15) is 17.6 Å². The van der Waals surface area contributed by atoms with Gasteiger partial charge < -0.3 is 4.74 Å². The van der Waals surface area contributed by atoms with Crippen LogP contribution in [-0.2, 0) is 22.0 Å². The number of sulfone groups is 1. The van der Waals surface area contributed by atoms with Crippen LogP contribution in [0.25, 0.3) is 0 Å². The van der Waals surface area contributed by atoms with Crippen LogP contribution in [0, 0.1) is 0 Å². The molecule has 1 aromatic carbocycles. The molecule has 1 heterocycles. The third-order valence-electron chi connectivity index (χ3n) is 2.71. The van der Waals surface area contributed by atoms with Gasteiger partial charge in [-0.05, 0) is 18.6 Å². The molecule has 0 spiro atoms. The first-order chi connectivity index (χ1) is 9.59. The Kier molecular flexibility index (Phi) is 5.14. The highest BCUT2D eigenvalue weighted by atomic mass is 32.2. The van der Waals surface area contributed by atoms with Gasteiger partial charge in [-0.25, -0.2) is 13.4 Å². The van der Waals surface area contributed by atoms with Gasteiger partial charge in [0, 0.05) is 5.38 Å². The van der Waals surface area contributed by atoms with Crippen molar-refractivity contribution in [3.63, 3.8) is 0 Å². The Bertz CT molecular complexity index is 635. The fourth-order valence-corrected chi connectivity index (χ4v) is 4.04. The number of benzene rings is 1. The minimum atomic E-state index is -3.18. The number of rotatable bonds is 7. The average Bonchev–Trinajstić information content (AvgIpc) is 2.86. The zero-order valence-electron chi connectivity index (χ0n) is 11.3. The van der Waals surface area contributed by atoms with Crippen molar-refractivity contribution >= 4 is 21.2 Å². The Morgan fingerprint density at radius 3 is 2.65 bits per heavy atom. The molecule has 0 amide bonds. The molecule has 0 unspecified atom stereocenters. The highest BCUT2D eigenvalue weighted by molar-refractivity contribution is 7.90. The Morgan fingerprint density at radius 2 is 2.00 bits per heavy atom. The van der Waals surface area contributed by atoms with E-state index in [1.807, 2.05) is 30.5 Å². The van der Waals surface area contributed by atoms with Gasteiger partial charge in [-0.2, -0.15) is 0 Å². The number of ether oxygens (including phenoxy) is 1. The number of aryl methyl sites for hydroxylation is 1. The molecule has 0 radical (unpaired) electrons. The van der Waals surface area contributed by atoms with E-state index in [9.17, 15) is 8.42 Å². The standard InChI is InChI=1S/C14H17NO3S2/c1-2-12-10-19-14(15-12)11-20(16,17)9-8-18-13-6-4-3-5-7-13/h3-7,10H,2,8-9,11H2,1H3. The summed E-state index contributed by atoms with van der Waals surface area (Å²) in [4.78, 5) is 4.28. The topological polar surface area (TPSA) is 56.3 Å². The molecule has 0 aliphatic carbocycles. The maximum Gasteiger partial charge on any atom is 0.160 e. The zero-order chi connectivity index (χ0) is 14.4. The first-order valence-electron chi connectivity index (χ1n) is 6.40. The van der Waals surface area contributed by atoms with Crippen molar-refractivity contribution in [2.24, 2.45) is 0 Å². The van der Waals surface area contributed by atoms with Gasteiger partial charge in [0.2, 0.25) is 0 Å². The van der Waals surface area contributed by atoms with E-state index in [2.05, 4.69) is 4.98 Å². The number of hydrogen-bond acceptors (Lipinski definition) is 5. The molecule has 0 aliphatic heterocycles. The third kappa shape index (κ3) is 4.61. The van der Waals surface area contributed by atoms with Crippen molar-refractivity contribution in [1.29, 1.82) is 0 Å². The van der Waals surface area contributed by atoms with Crippen LogP contribution in [0.4, 0.5) is 0 Å². The maximum absolute atomic E-state index is 12.0. The van der Waals surface area contributed by atoms with Crippen LogP contribution in [-0.4, -0.2) is 25.8 Å². The number of aromatic nitrogens is 1. The molecule has 0 fully saturated rings. The summed E-state index contributed by atoms with van der Waals surface area (Å²) in [6.45, 7) is 2.17. The van der Waals surface area contributed by atoms with Crippen LogP contribution in [0.5, 0.6) is 5.75 Å². The lowest BCUT2D eigenvalue weighted by Gasteiger charge is -2.06. The molecule has 6 heteroatoms. The van der Waals surface area contributed by atoms with Gasteiger partial charge in [-0.3, -0.25) is 0 Å². The minimum Gasteiger partial charge on any atom is -0.493 e. The molecule has 108 valence electrons. The van der Waals surface area contributed by atoms with Crippen LogP contribution < -0.4 is 4.74 Å². The van der Waals surface area contributed by atoms with Crippen molar-refractivity contribution in [3.8, 4) is 5.75 Å². The van der Waals surface area contributed by atoms with Gasteiger partial charge >= 0.3 is 0 Å². The molecule has 0 saturated carbocycles. The smallest absolute Gasteiger partial charge is 0.160 e. The molecule has 20 heavy (non-hydrogen) atoms. The summed E-state index contributed by atoms with van der Waals surface area (Å²) >= 11 is 1.40. The van der Waals surface area contributed by atoms with E-state index in [4.69, 9.17) is 4.74 Å². The van der Waals surface area contributed by atoms with E-state index in [0.717, 1.165) is 12.1 Å². The molecule has 0 aliphatic rings. The number of hydrogen-bond donors (Lipinski definition) is 0. The molecular formula is C14H17NO3S2. The van der Waals surface area contributed by atoms with Crippen LogP contribution >= 0.6 is 11.3 Å². The minimum absolute atomic E-state index is 0.00291. The molecular weight excluding hydrogens is 294 g/mol. The van der Waals surface area contributed by atoms with Crippen molar-refractivity contribution in [2.45, 2.75) is 19.1 Å². The number of para-hydroxylation sites is 1. The normalized spacial score (nSPS) is 11.4. The summed E-state index contributed by atoms with van der Waals surface area (Å²) in [5.41, 5.74) is 0.945. The summed E-state index contributed by atoms with van der Waals surface area (Å²) in [5, 5.41) is 2.56. The Morgan fingerprint density at radius 1 is 1.25 bits per heavy atom. The Labute approximate surface area is 123 Å². The lowest BCUT2D eigenvalue weighted by Crippen LogP contribution is -2.15. The monoisotopic (exact) mass is 311 g/mol. The van der Waals surface area contributed by atoms with Gasteiger partial charge in [-0.15, -0.1) is 11.3 Å². The molecule has 2 rings (SSSR count). The molecule has 0 atom stereocenters. The molecule has 0 bridgehead atoms. The highest BCUT2D eigenvalue weighted by Gasteiger charge is 2.15. The first-order valence-corrected chi connectivity index (χ1v) is 9.11. The van der Waals surface area contributed by atoms with Gasteiger partial charge in [0.25, 0.3) is 0 Å². The van der Waals surface area contributed by atoms with Crippen LogP contribution in [0.15, 0.2) is 35.7 Å². The predicted octanol–water partition coefficient (Wildman–Crippen LogP) is 2.70. The second kappa shape index (κ2) is 6.85. The van der Waals surface area contributed by atoms with Crippen molar-refractivity contribution in [1.82, 2.24) is 4.98 Å². The molecule has 1 aromatic heterocycles. The fraction of sp³-hybridized carbons (Fsp3) is 0.357. The number of nitrogens with zero attached hydrogens (tertiary/aromatic N) is 1. The van der Waals surface area contributed by atoms with Crippen molar-refractivity contribution in [3.05, 3.63) is 46.4 Å². The van der Waals surface area contributed by atoms with E-state index in [1.165, 1.54) is 11.3 Å². The van der Waals surface area contributed by atoms with Gasteiger partial charge in [0.15, 0.2) is 9.84 Å². The second-order valence-electron chi connectivity index (χ2n) is 4.34. The van der Waals surface area contributed by atoms with E-state index in [1.54, 1.807) is 12.1 Å². The average molecular weight is 311 g/mol. The SMILES string of the molecule is CCc1csc(CS(=O)(=O)CCOc2ccccc2)n1. The largest absolute Gasteiger partial charge is 0.493 e. The van der Waals surface area contributed by atoms with Gasteiger partial charge in [0.1, 0.15) is 23.1 Å². The zero-order valence-corrected chi connectivity index (χ0v) is 12.9. The fourth-order valence-electron chi connectivity index (χ4n) is 1.64. The summed E-state index contributed by atoms with van der Waals surface area (Å²) < 4.78 is 29.4. The van der Waals surface area contributed by atoms with E-state index in [0.29, 0.717) is 10.8 Å². The number of thiazole rings is 1. The predicted molar refractivity (Wildman–Crippen MR) is 80.9 cm³/mol. The third-order valence-corrected chi connectivity index (χ3v) is 5.29. The lowest BCUT2D eigenvalue weighted by molar-refractivity contribution is 0.341. The van der Waals surface area contributed by atoms with Gasteiger partial charge in [0.05, 0.1) is 11.4 Å². The Hall–Kier alpha value is -1.40. The molecule has 4 nitrogen and oxygen atoms in total. The summed E-state index contributed by atoms with van der Waals surface area (Å²) in [7, 11) is -3.18. The quantitative estimate of drug-likeness (QED) is 0.789. The Balaban J connectivity index is 1.85. The first kappa shape index (κ1) is 15.0. The second-order valence-corrected chi connectivity index (χ2v) is 7.47. The lowest BCUT2D eigenvalue weighted by atomic mass is 10.3. The highest BCUT2D eigenvalue weighted by Crippen LogP contribution is 2.14. The summed E-state index contributed by atoms with van der Waals surface area (Å²) in [6, 6.07) is 9.21. The van der Waals surface area contributed by atoms with Crippen LogP contribution in [0.3, 0.4) is 0 Å². The summed E-state index contributed by atoms with van der Waals surface area (Å²) in [5.74, 6) is 0.684. The molecule has 0 N–H and O–H groups in total.